The standard InChI is InChI=1S/C16H25N3O2/c1-20-14-9-7-13(8-10-14)19-16(17)18-11-4-12-21-15-5-2-3-6-15/h7-10,15H,2-6,11-12H2,1H3,(H3,17,18,19). The van der Waals surface area contributed by atoms with Crippen LogP contribution in [0.2, 0.25) is 0 Å². The predicted molar refractivity (Wildman–Crippen MR) is 85.9 cm³/mol. The van der Waals surface area contributed by atoms with Gasteiger partial charge in [0, 0.05) is 18.8 Å². The van der Waals surface area contributed by atoms with Crippen LogP contribution in [-0.2, 0) is 4.74 Å². The summed E-state index contributed by atoms with van der Waals surface area (Å²) in [5.41, 5.74) is 6.75. The summed E-state index contributed by atoms with van der Waals surface area (Å²) < 4.78 is 10.9. The summed E-state index contributed by atoms with van der Waals surface area (Å²) in [6.07, 6.45) is 6.42. The van der Waals surface area contributed by atoms with Crippen molar-refractivity contribution in [2.24, 2.45) is 10.7 Å². The van der Waals surface area contributed by atoms with Gasteiger partial charge in [0.25, 0.3) is 0 Å². The first-order valence-electron chi connectivity index (χ1n) is 7.60. The monoisotopic (exact) mass is 291 g/mol. The van der Waals surface area contributed by atoms with Gasteiger partial charge in [-0.3, -0.25) is 4.99 Å². The summed E-state index contributed by atoms with van der Waals surface area (Å²) in [6.45, 7) is 1.45. The Bertz CT molecular complexity index is 439. The Morgan fingerprint density at radius 3 is 2.67 bits per heavy atom. The first-order valence-corrected chi connectivity index (χ1v) is 7.60. The quantitative estimate of drug-likeness (QED) is 0.460. The van der Waals surface area contributed by atoms with E-state index in [1.165, 1.54) is 25.7 Å². The molecule has 0 aliphatic heterocycles. The number of aliphatic imine (C=N–C) groups is 1. The largest absolute Gasteiger partial charge is 0.497 e. The predicted octanol–water partition coefficient (Wildman–Crippen LogP) is 2.77. The summed E-state index contributed by atoms with van der Waals surface area (Å²) in [4.78, 5) is 4.30. The lowest BCUT2D eigenvalue weighted by Crippen LogP contribution is -2.23. The molecule has 2 rings (SSSR count). The maximum Gasteiger partial charge on any atom is 0.193 e. The summed E-state index contributed by atoms with van der Waals surface area (Å²) in [5, 5.41) is 3.06. The second-order valence-corrected chi connectivity index (χ2v) is 5.25. The molecule has 0 heterocycles. The van der Waals surface area contributed by atoms with Crippen LogP contribution in [0.4, 0.5) is 5.69 Å². The second kappa shape index (κ2) is 8.52. The molecule has 1 aromatic carbocycles. The Morgan fingerprint density at radius 1 is 1.29 bits per heavy atom. The third kappa shape index (κ3) is 5.63. The number of nitrogens with one attached hydrogen (secondary N) is 1. The van der Waals surface area contributed by atoms with Crippen LogP contribution in [0, 0.1) is 0 Å². The number of rotatable bonds is 7. The molecule has 5 nitrogen and oxygen atoms in total. The normalized spacial score (nSPS) is 16.1. The van der Waals surface area contributed by atoms with Crippen molar-refractivity contribution in [2.75, 3.05) is 25.6 Å². The van der Waals surface area contributed by atoms with E-state index in [2.05, 4.69) is 10.3 Å². The fourth-order valence-electron chi connectivity index (χ4n) is 2.43. The topological polar surface area (TPSA) is 68.9 Å². The van der Waals surface area contributed by atoms with Crippen LogP contribution in [0.5, 0.6) is 5.75 Å². The molecule has 1 aromatic rings. The van der Waals surface area contributed by atoms with Crippen molar-refractivity contribution in [3.8, 4) is 5.75 Å². The zero-order chi connectivity index (χ0) is 14.9. The van der Waals surface area contributed by atoms with Gasteiger partial charge in [-0.15, -0.1) is 0 Å². The average Bonchev–Trinajstić information content (AvgIpc) is 3.01. The molecule has 116 valence electrons. The van der Waals surface area contributed by atoms with Crippen LogP contribution in [0.1, 0.15) is 32.1 Å². The van der Waals surface area contributed by atoms with Crippen molar-refractivity contribution < 1.29 is 9.47 Å². The van der Waals surface area contributed by atoms with Gasteiger partial charge in [0.1, 0.15) is 5.75 Å². The maximum atomic E-state index is 5.85. The van der Waals surface area contributed by atoms with E-state index in [4.69, 9.17) is 15.2 Å². The van der Waals surface area contributed by atoms with Gasteiger partial charge in [-0.25, -0.2) is 0 Å². The lowest BCUT2D eigenvalue weighted by atomic mass is 10.3. The summed E-state index contributed by atoms with van der Waals surface area (Å²) in [7, 11) is 1.64. The molecule has 0 unspecified atom stereocenters. The molecule has 21 heavy (non-hydrogen) atoms. The van der Waals surface area contributed by atoms with Gasteiger partial charge in [0.2, 0.25) is 0 Å². The number of methoxy groups -OCH3 is 1. The minimum Gasteiger partial charge on any atom is -0.497 e. The summed E-state index contributed by atoms with van der Waals surface area (Å²) in [5.74, 6) is 1.25. The van der Waals surface area contributed by atoms with Gasteiger partial charge >= 0.3 is 0 Å². The van der Waals surface area contributed by atoms with Gasteiger partial charge in [-0.1, -0.05) is 12.8 Å². The number of hydrogen-bond acceptors (Lipinski definition) is 3. The average molecular weight is 291 g/mol. The van der Waals surface area contributed by atoms with Crippen LogP contribution in [0.25, 0.3) is 0 Å². The highest BCUT2D eigenvalue weighted by atomic mass is 16.5. The lowest BCUT2D eigenvalue weighted by molar-refractivity contribution is 0.0579. The van der Waals surface area contributed by atoms with Crippen LogP contribution in [-0.4, -0.2) is 32.3 Å². The van der Waals surface area contributed by atoms with Crippen LogP contribution >= 0.6 is 0 Å². The fraction of sp³-hybridized carbons (Fsp3) is 0.562. The molecule has 1 aliphatic carbocycles. The number of hydrogen-bond donors (Lipinski definition) is 2. The maximum absolute atomic E-state index is 5.85. The molecule has 0 radical (unpaired) electrons. The Hall–Kier alpha value is -1.75. The Labute approximate surface area is 126 Å². The van der Waals surface area contributed by atoms with E-state index in [-0.39, 0.29) is 0 Å². The van der Waals surface area contributed by atoms with Gasteiger partial charge in [-0.05, 0) is 43.5 Å². The molecule has 0 spiro atoms. The molecule has 3 N–H and O–H groups in total. The molecule has 0 bridgehead atoms. The molecule has 1 fully saturated rings. The van der Waals surface area contributed by atoms with Crippen LogP contribution in [0.3, 0.4) is 0 Å². The number of benzene rings is 1. The van der Waals surface area contributed by atoms with Crippen LogP contribution in [0.15, 0.2) is 29.3 Å². The SMILES string of the molecule is COc1ccc(NC(N)=NCCCOC2CCCC2)cc1. The fourth-order valence-corrected chi connectivity index (χ4v) is 2.43. The van der Waals surface area contributed by atoms with E-state index in [0.717, 1.165) is 24.5 Å². The van der Waals surface area contributed by atoms with E-state index in [0.29, 0.717) is 18.6 Å². The molecular formula is C16H25N3O2. The Balaban J connectivity index is 1.63. The zero-order valence-electron chi connectivity index (χ0n) is 12.7. The molecule has 0 saturated heterocycles. The van der Waals surface area contributed by atoms with Gasteiger partial charge in [0.05, 0.1) is 13.2 Å². The molecule has 5 heteroatoms. The van der Waals surface area contributed by atoms with E-state index in [9.17, 15) is 0 Å². The third-order valence-corrected chi connectivity index (χ3v) is 3.60. The molecule has 1 saturated carbocycles. The molecule has 0 amide bonds. The summed E-state index contributed by atoms with van der Waals surface area (Å²) in [6, 6.07) is 7.57. The van der Waals surface area contributed by atoms with Crippen molar-refractivity contribution in [1.29, 1.82) is 0 Å². The van der Waals surface area contributed by atoms with Crippen molar-refractivity contribution in [3.05, 3.63) is 24.3 Å². The highest BCUT2D eigenvalue weighted by molar-refractivity contribution is 5.92. The number of ether oxygens (including phenoxy) is 2. The first kappa shape index (κ1) is 15.6. The van der Waals surface area contributed by atoms with Crippen molar-refractivity contribution >= 4 is 11.6 Å². The van der Waals surface area contributed by atoms with Crippen molar-refractivity contribution in [3.63, 3.8) is 0 Å². The van der Waals surface area contributed by atoms with E-state index in [1.807, 2.05) is 24.3 Å². The summed E-state index contributed by atoms with van der Waals surface area (Å²) >= 11 is 0. The molecule has 0 atom stereocenters. The van der Waals surface area contributed by atoms with Crippen molar-refractivity contribution in [2.45, 2.75) is 38.2 Å². The van der Waals surface area contributed by atoms with E-state index >= 15 is 0 Å². The van der Waals surface area contributed by atoms with Gasteiger partial charge in [0.15, 0.2) is 5.96 Å². The zero-order valence-corrected chi connectivity index (χ0v) is 12.7. The van der Waals surface area contributed by atoms with Crippen molar-refractivity contribution in [1.82, 2.24) is 0 Å². The lowest BCUT2D eigenvalue weighted by Gasteiger charge is -2.10. The minimum absolute atomic E-state index is 0.432. The molecule has 1 aliphatic rings. The first-order chi connectivity index (χ1) is 10.3. The van der Waals surface area contributed by atoms with Gasteiger partial charge in [-0.2, -0.15) is 0 Å². The van der Waals surface area contributed by atoms with Crippen LogP contribution < -0.4 is 15.8 Å². The number of anilines is 1. The number of nitrogens with zero attached hydrogens (tertiary/aromatic N) is 1. The highest BCUT2D eigenvalue weighted by Gasteiger charge is 2.14. The molecular weight excluding hydrogens is 266 g/mol. The number of guanidine groups is 1. The van der Waals surface area contributed by atoms with Gasteiger partial charge < -0.3 is 20.5 Å². The second-order valence-electron chi connectivity index (χ2n) is 5.25. The number of nitrogens with two attached hydrogens (primary N) is 1. The van der Waals surface area contributed by atoms with E-state index < -0.39 is 0 Å². The molecule has 0 aromatic heterocycles. The Morgan fingerprint density at radius 2 is 2.00 bits per heavy atom. The third-order valence-electron chi connectivity index (χ3n) is 3.60. The minimum atomic E-state index is 0.432. The smallest absolute Gasteiger partial charge is 0.193 e. The highest BCUT2D eigenvalue weighted by Crippen LogP contribution is 2.20. The Kier molecular flexibility index (Phi) is 6.34. The van der Waals surface area contributed by atoms with E-state index in [1.54, 1.807) is 7.11 Å².